The molecule has 1 aromatic carbocycles. The van der Waals surface area contributed by atoms with Crippen molar-refractivity contribution in [3.8, 4) is 11.5 Å². The average Bonchev–Trinajstić information content (AvgIpc) is 2.75. The molecular weight excluding hydrogens is 278 g/mol. The Morgan fingerprint density at radius 3 is 2.90 bits per heavy atom. The fourth-order valence-electron chi connectivity index (χ4n) is 1.77. The molecule has 0 aromatic heterocycles. The molecular formula is C14H17NO4S. The van der Waals surface area contributed by atoms with Gasteiger partial charge in [0.15, 0.2) is 9.84 Å². The summed E-state index contributed by atoms with van der Waals surface area (Å²) < 4.78 is 27.9. The molecule has 0 saturated carbocycles. The van der Waals surface area contributed by atoms with E-state index in [4.69, 9.17) is 4.74 Å². The highest BCUT2D eigenvalue weighted by molar-refractivity contribution is 7.94. The van der Waals surface area contributed by atoms with Gasteiger partial charge in [0.25, 0.3) is 0 Å². The summed E-state index contributed by atoms with van der Waals surface area (Å²) in [6, 6.07) is 4.59. The lowest BCUT2D eigenvalue weighted by atomic mass is 10.2. The summed E-state index contributed by atoms with van der Waals surface area (Å²) in [5.74, 6) is 0.652. The first-order valence-electron chi connectivity index (χ1n) is 6.40. The van der Waals surface area contributed by atoms with Crippen LogP contribution in [-0.2, 0) is 9.84 Å². The van der Waals surface area contributed by atoms with Crippen LogP contribution in [0, 0.1) is 0 Å². The zero-order valence-electron chi connectivity index (χ0n) is 11.2. The van der Waals surface area contributed by atoms with Crippen molar-refractivity contribution in [2.45, 2.75) is 19.4 Å². The third-order valence-electron chi connectivity index (χ3n) is 2.79. The van der Waals surface area contributed by atoms with E-state index in [0.717, 1.165) is 6.42 Å². The van der Waals surface area contributed by atoms with Crippen LogP contribution in [0.5, 0.6) is 11.5 Å². The minimum Gasteiger partial charge on any atom is -0.507 e. The lowest BCUT2D eigenvalue weighted by Gasteiger charge is -2.06. The van der Waals surface area contributed by atoms with Gasteiger partial charge in [0.1, 0.15) is 11.5 Å². The van der Waals surface area contributed by atoms with E-state index in [9.17, 15) is 13.5 Å². The first-order chi connectivity index (χ1) is 9.50. The van der Waals surface area contributed by atoms with Crippen molar-refractivity contribution in [1.29, 1.82) is 0 Å². The maximum Gasteiger partial charge on any atom is 0.173 e. The van der Waals surface area contributed by atoms with Gasteiger partial charge in [0.2, 0.25) is 0 Å². The Morgan fingerprint density at radius 1 is 1.50 bits per heavy atom. The molecule has 1 heterocycles. The van der Waals surface area contributed by atoms with E-state index in [2.05, 4.69) is 4.99 Å². The van der Waals surface area contributed by atoms with Crippen LogP contribution >= 0.6 is 0 Å². The number of hydrogen-bond donors (Lipinski definition) is 1. The van der Waals surface area contributed by atoms with Gasteiger partial charge in [-0.15, -0.1) is 0 Å². The van der Waals surface area contributed by atoms with E-state index >= 15 is 0 Å². The van der Waals surface area contributed by atoms with Crippen molar-refractivity contribution in [2.75, 3.05) is 12.4 Å². The number of hydrogen-bond acceptors (Lipinski definition) is 5. The average molecular weight is 295 g/mol. The summed E-state index contributed by atoms with van der Waals surface area (Å²) in [4.78, 5) is 4.15. The molecule has 0 unspecified atom stereocenters. The van der Waals surface area contributed by atoms with Gasteiger partial charge in [-0.3, -0.25) is 4.99 Å². The van der Waals surface area contributed by atoms with Crippen LogP contribution in [-0.4, -0.2) is 38.1 Å². The largest absolute Gasteiger partial charge is 0.507 e. The van der Waals surface area contributed by atoms with Crippen LogP contribution < -0.4 is 4.74 Å². The van der Waals surface area contributed by atoms with Crippen molar-refractivity contribution in [3.05, 3.63) is 35.2 Å². The molecule has 1 atom stereocenters. The summed E-state index contributed by atoms with van der Waals surface area (Å²) in [7, 11) is -3.10. The second-order valence-electron chi connectivity index (χ2n) is 4.57. The molecule has 2 rings (SSSR count). The molecule has 5 nitrogen and oxygen atoms in total. The number of aliphatic imine (C=N–C) groups is 1. The van der Waals surface area contributed by atoms with Crippen LogP contribution in [0.25, 0.3) is 0 Å². The summed E-state index contributed by atoms with van der Waals surface area (Å²) in [6.07, 6.45) is 3.92. The minimum atomic E-state index is -3.10. The minimum absolute atomic E-state index is 0.0119. The van der Waals surface area contributed by atoms with Crippen molar-refractivity contribution in [1.82, 2.24) is 0 Å². The highest BCUT2D eigenvalue weighted by Gasteiger charge is 2.20. The van der Waals surface area contributed by atoms with Crippen LogP contribution in [0.2, 0.25) is 0 Å². The number of phenolic OH excluding ortho intramolecular Hbond substituents is 1. The predicted octanol–water partition coefficient (Wildman–Crippen LogP) is 1.91. The molecule has 0 fully saturated rings. The highest BCUT2D eigenvalue weighted by Crippen LogP contribution is 2.23. The summed E-state index contributed by atoms with van der Waals surface area (Å²) in [6.45, 7) is 2.60. The molecule has 0 amide bonds. The van der Waals surface area contributed by atoms with Gasteiger partial charge in [-0.25, -0.2) is 8.42 Å². The van der Waals surface area contributed by atoms with Gasteiger partial charge < -0.3 is 9.84 Å². The fourth-order valence-corrected chi connectivity index (χ4v) is 2.98. The fraction of sp³-hybridized carbons (Fsp3) is 0.357. The molecule has 0 spiro atoms. The van der Waals surface area contributed by atoms with Gasteiger partial charge >= 0.3 is 0 Å². The molecule has 20 heavy (non-hydrogen) atoms. The quantitative estimate of drug-likeness (QED) is 0.842. The molecule has 6 heteroatoms. The summed E-state index contributed by atoms with van der Waals surface area (Å²) in [5.41, 5.74) is 0.534. The Balaban J connectivity index is 2.05. The van der Waals surface area contributed by atoms with E-state index in [1.807, 2.05) is 6.92 Å². The second kappa shape index (κ2) is 6.09. The van der Waals surface area contributed by atoms with E-state index in [-0.39, 0.29) is 17.5 Å². The van der Waals surface area contributed by atoms with Gasteiger partial charge in [0.05, 0.1) is 18.4 Å². The maximum absolute atomic E-state index is 11.2. The molecule has 1 aliphatic heterocycles. The molecule has 1 aromatic rings. The standard InChI is InChI=1S/C14H17NO4S/c1-2-6-19-13-4-3-11(14(16)8-13)9-15-12-5-7-20(17,18)10-12/h3-5,7-9,12,16H,2,6,10H2,1H3/t12-/m1/s1. The molecule has 0 bridgehead atoms. The third-order valence-corrected chi connectivity index (χ3v) is 4.17. The van der Waals surface area contributed by atoms with Crippen LogP contribution in [0.4, 0.5) is 0 Å². The first-order valence-corrected chi connectivity index (χ1v) is 8.11. The van der Waals surface area contributed by atoms with Crippen molar-refractivity contribution >= 4 is 16.1 Å². The molecule has 0 aliphatic carbocycles. The van der Waals surface area contributed by atoms with Crippen LogP contribution in [0.15, 0.2) is 34.7 Å². The van der Waals surface area contributed by atoms with Crippen LogP contribution in [0.1, 0.15) is 18.9 Å². The number of rotatable bonds is 5. The van der Waals surface area contributed by atoms with Gasteiger partial charge in [0, 0.05) is 23.3 Å². The normalized spacial score (nSPS) is 20.6. The summed E-state index contributed by atoms with van der Waals surface area (Å²) in [5, 5.41) is 11.0. The number of sulfone groups is 1. The van der Waals surface area contributed by atoms with E-state index < -0.39 is 9.84 Å². The molecule has 0 radical (unpaired) electrons. The third kappa shape index (κ3) is 3.84. The van der Waals surface area contributed by atoms with Gasteiger partial charge in [-0.05, 0) is 24.6 Å². The highest BCUT2D eigenvalue weighted by atomic mass is 32.2. The molecule has 108 valence electrons. The zero-order valence-corrected chi connectivity index (χ0v) is 12.0. The van der Waals surface area contributed by atoms with E-state index in [1.54, 1.807) is 18.2 Å². The Bertz CT molecular complexity index is 635. The number of phenols is 1. The number of ether oxygens (including phenoxy) is 1. The zero-order chi connectivity index (χ0) is 14.6. The Labute approximate surface area is 118 Å². The van der Waals surface area contributed by atoms with E-state index in [1.165, 1.54) is 17.7 Å². The Kier molecular flexibility index (Phi) is 4.44. The number of aromatic hydroxyl groups is 1. The van der Waals surface area contributed by atoms with Gasteiger partial charge in [-0.1, -0.05) is 6.92 Å². The van der Waals surface area contributed by atoms with E-state index in [0.29, 0.717) is 17.9 Å². The first kappa shape index (κ1) is 14.6. The molecule has 0 saturated heterocycles. The van der Waals surface area contributed by atoms with Crippen molar-refractivity contribution < 1.29 is 18.3 Å². The number of benzene rings is 1. The lowest BCUT2D eigenvalue weighted by Crippen LogP contribution is -2.08. The Hall–Kier alpha value is -1.82. The molecule has 1 aliphatic rings. The van der Waals surface area contributed by atoms with Crippen LogP contribution in [0.3, 0.4) is 0 Å². The maximum atomic E-state index is 11.2. The topological polar surface area (TPSA) is 76.0 Å². The predicted molar refractivity (Wildman–Crippen MR) is 78.2 cm³/mol. The monoisotopic (exact) mass is 295 g/mol. The smallest absolute Gasteiger partial charge is 0.173 e. The summed E-state index contributed by atoms with van der Waals surface area (Å²) >= 11 is 0. The molecule has 1 N–H and O–H groups in total. The van der Waals surface area contributed by atoms with Crippen molar-refractivity contribution in [3.63, 3.8) is 0 Å². The Morgan fingerprint density at radius 2 is 2.30 bits per heavy atom. The van der Waals surface area contributed by atoms with Crippen molar-refractivity contribution in [2.24, 2.45) is 4.99 Å². The lowest BCUT2D eigenvalue weighted by molar-refractivity contribution is 0.315. The SMILES string of the molecule is CCCOc1ccc(C=N[C@@H]2C=CS(=O)(=O)C2)c(O)c1. The number of nitrogens with zero attached hydrogens (tertiary/aromatic N) is 1. The second-order valence-corrected chi connectivity index (χ2v) is 6.50. The van der Waals surface area contributed by atoms with Gasteiger partial charge in [-0.2, -0.15) is 0 Å².